The lowest BCUT2D eigenvalue weighted by atomic mass is 10.0. The third-order valence-electron chi connectivity index (χ3n) is 4.20. The normalized spacial score (nSPS) is 11.5. The Labute approximate surface area is 148 Å². The number of hydrogen-bond donors (Lipinski definition) is 1. The van der Waals surface area contributed by atoms with E-state index < -0.39 is 14.9 Å². The highest BCUT2D eigenvalue weighted by Crippen LogP contribution is 2.22. The van der Waals surface area contributed by atoms with E-state index in [1.54, 1.807) is 6.92 Å². The molecular formula is C18H22N2O4S. The summed E-state index contributed by atoms with van der Waals surface area (Å²) in [5, 5.41) is 11.0. The molecule has 0 aliphatic rings. The van der Waals surface area contributed by atoms with Crippen LogP contribution in [-0.2, 0) is 29.4 Å². The fraction of sp³-hybridized carbons (Fsp3) is 0.333. The number of aryl methyl sites for hydroxylation is 3. The van der Waals surface area contributed by atoms with E-state index in [4.69, 9.17) is 0 Å². The van der Waals surface area contributed by atoms with E-state index in [2.05, 4.69) is 4.72 Å². The largest absolute Gasteiger partial charge is 0.273 e. The average molecular weight is 362 g/mol. The first-order valence-electron chi connectivity index (χ1n) is 8.13. The zero-order valence-electron chi connectivity index (χ0n) is 14.6. The van der Waals surface area contributed by atoms with Gasteiger partial charge in [-0.05, 0) is 42.5 Å². The number of sulfonamides is 1. The van der Waals surface area contributed by atoms with Gasteiger partial charge in [-0.3, -0.25) is 10.1 Å². The summed E-state index contributed by atoms with van der Waals surface area (Å²) in [7, 11) is -3.83. The lowest BCUT2D eigenvalue weighted by Gasteiger charge is -2.12. The number of nitro groups is 1. The van der Waals surface area contributed by atoms with Gasteiger partial charge in [-0.1, -0.05) is 38.1 Å². The molecule has 0 aliphatic heterocycles. The van der Waals surface area contributed by atoms with Gasteiger partial charge in [-0.25, -0.2) is 13.1 Å². The minimum Gasteiger partial charge on any atom is -0.258 e. The molecule has 2 aromatic rings. The van der Waals surface area contributed by atoms with Crippen molar-refractivity contribution in [2.75, 3.05) is 0 Å². The molecule has 0 heterocycles. The Morgan fingerprint density at radius 2 is 1.76 bits per heavy atom. The summed E-state index contributed by atoms with van der Waals surface area (Å²) in [5.74, 6) is 0. The first-order chi connectivity index (χ1) is 11.8. The van der Waals surface area contributed by atoms with E-state index in [1.165, 1.54) is 12.1 Å². The Morgan fingerprint density at radius 3 is 2.36 bits per heavy atom. The molecule has 0 bridgehead atoms. The van der Waals surface area contributed by atoms with Crippen LogP contribution in [0.3, 0.4) is 0 Å². The predicted octanol–water partition coefficient (Wildman–Crippen LogP) is 3.51. The van der Waals surface area contributed by atoms with Crippen LogP contribution >= 0.6 is 0 Å². The Balaban J connectivity index is 2.28. The summed E-state index contributed by atoms with van der Waals surface area (Å²) in [4.78, 5) is 10.3. The molecule has 7 heteroatoms. The monoisotopic (exact) mass is 362 g/mol. The van der Waals surface area contributed by atoms with Crippen molar-refractivity contribution in [1.82, 2.24) is 4.72 Å². The van der Waals surface area contributed by atoms with E-state index in [0.717, 1.165) is 35.6 Å². The summed E-state index contributed by atoms with van der Waals surface area (Å²) < 4.78 is 27.6. The highest BCUT2D eigenvalue weighted by Gasteiger charge is 2.20. The summed E-state index contributed by atoms with van der Waals surface area (Å²) in [6.45, 7) is 5.79. The van der Waals surface area contributed by atoms with Crippen molar-refractivity contribution in [3.63, 3.8) is 0 Å². The van der Waals surface area contributed by atoms with Crippen LogP contribution in [0.25, 0.3) is 0 Å². The molecule has 6 nitrogen and oxygen atoms in total. The molecular weight excluding hydrogens is 340 g/mol. The zero-order valence-corrected chi connectivity index (χ0v) is 15.4. The van der Waals surface area contributed by atoms with Crippen molar-refractivity contribution in [1.29, 1.82) is 0 Å². The molecule has 0 atom stereocenters. The number of nitrogens with one attached hydrogen (secondary N) is 1. The second-order valence-corrected chi connectivity index (χ2v) is 7.61. The van der Waals surface area contributed by atoms with Crippen LogP contribution in [0.2, 0.25) is 0 Å². The van der Waals surface area contributed by atoms with Gasteiger partial charge in [0.15, 0.2) is 0 Å². The van der Waals surface area contributed by atoms with Crippen LogP contribution in [0.15, 0.2) is 41.3 Å². The van der Waals surface area contributed by atoms with Gasteiger partial charge in [0.25, 0.3) is 5.69 Å². The van der Waals surface area contributed by atoms with Gasteiger partial charge in [-0.15, -0.1) is 0 Å². The summed E-state index contributed by atoms with van der Waals surface area (Å²) in [6, 6.07) is 9.98. The Hall–Kier alpha value is -2.25. The van der Waals surface area contributed by atoms with E-state index in [1.807, 2.05) is 32.0 Å². The van der Waals surface area contributed by atoms with Crippen LogP contribution in [0.5, 0.6) is 0 Å². The topological polar surface area (TPSA) is 89.3 Å². The molecule has 0 aliphatic carbocycles. The minimum absolute atomic E-state index is 0.102. The smallest absolute Gasteiger partial charge is 0.258 e. The van der Waals surface area contributed by atoms with Gasteiger partial charge >= 0.3 is 0 Å². The van der Waals surface area contributed by atoms with E-state index in [9.17, 15) is 18.5 Å². The van der Waals surface area contributed by atoms with Crippen LogP contribution in [0.1, 0.15) is 36.1 Å². The van der Waals surface area contributed by atoms with Crippen LogP contribution in [0.4, 0.5) is 5.69 Å². The number of rotatable bonds is 7. The van der Waals surface area contributed by atoms with Gasteiger partial charge in [0, 0.05) is 18.2 Å². The van der Waals surface area contributed by atoms with Gasteiger partial charge in [0.1, 0.15) is 0 Å². The maximum atomic E-state index is 12.5. The van der Waals surface area contributed by atoms with Crippen LogP contribution < -0.4 is 4.72 Å². The third-order valence-corrected chi connectivity index (χ3v) is 5.60. The Morgan fingerprint density at radius 1 is 1.04 bits per heavy atom. The summed E-state index contributed by atoms with van der Waals surface area (Å²) in [6.07, 6.45) is 1.67. The maximum Gasteiger partial charge on any atom is 0.273 e. The maximum absolute atomic E-state index is 12.5. The van der Waals surface area contributed by atoms with Gasteiger partial charge in [0.2, 0.25) is 10.0 Å². The number of benzene rings is 2. The molecule has 2 rings (SSSR count). The lowest BCUT2D eigenvalue weighted by molar-refractivity contribution is -0.385. The molecule has 0 fully saturated rings. The zero-order chi connectivity index (χ0) is 18.6. The van der Waals surface area contributed by atoms with Crippen molar-refractivity contribution in [2.24, 2.45) is 0 Å². The van der Waals surface area contributed by atoms with E-state index in [0.29, 0.717) is 5.56 Å². The third kappa shape index (κ3) is 4.43. The average Bonchev–Trinajstić information content (AvgIpc) is 2.59. The van der Waals surface area contributed by atoms with Crippen molar-refractivity contribution in [2.45, 2.75) is 45.1 Å². The standard InChI is InChI=1S/C18H22N2O4S/c1-4-14-7-8-15(5-2)16(10-14)12-19-25(23,24)17-9-6-13(3)18(11-17)20(21)22/h6-11,19H,4-5,12H2,1-3H3. The quantitative estimate of drug-likeness (QED) is 0.603. The van der Waals surface area contributed by atoms with Gasteiger partial charge in [0.05, 0.1) is 9.82 Å². The summed E-state index contributed by atoms with van der Waals surface area (Å²) >= 11 is 0. The van der Waals surface area contributed by atoms with Crippen LogP contribution in [-0.4, -0.2) is 13.3 Å². The molecule has 25 heavy (non-hydrogen) atoms. The number of nitrogens with zero attached hydrogens (tertiary/aromatic N) is 1. The molecule has 134 valence electrons. The van der Waals surface area contributed by atoms with Gasteiger partial charge in [-0.2, -0.15) is 0 Å². The number of hydrogen-bond acceptors (Lipinski definition) is 4. The Kier molecular flexibility index (Phi) is 5.92. The SMILES string of the molecule is CCc1ccc(CC)c(CNS(=O)(=O)c2ccc(C)c([N+](=O)[O-])c2)c1. The predicted molar refractivity (Wildman–Crippen MR) is 97.1 cm³/mol. The van der Waals surface area contributed by atoms with E-state index >= 15 is 0 Å². The molecule has 0 amide bonds. The molecule has 0 radical (unpaired) electrons. The van der Waals surface area contributed by atoms with Crippen LogP contribution in [0, 0.1) is 17.0 Å². The Bertz CT molecular complexity index is 892. The highest BCUT2D eigenvalue weighted by molar-refractivity contribution is 7.89. The fourth-order valence-electron chi connectivity index (χ4n) is 2.62. The number of nitro benzene ring substituents is 1. The molecule has 0 aromatic heterocycles. The van der Waals surface area contributed by atoms with E-state index in [-0.39, 0.29) is 17.1 Å². The minimum atomic E-state index is -3.83. The van der Waals surface area contributed by atoms with Crippen molar-refractivity contribution >= 4 is 15.7 Å². The second-order valence-electron chi connectivity index (χ2n) is 5.84. The second kappa shape index (κ2) is 7.76. The lowest BCUT2D eigenvalue weighted by Crippen LogP contribution is -2.24. The molecule has 2 aromatic carbocycles. The van der Waals surface area contributed by atoms with Crippen molar-refractivity contribution in [3.05, 3.63) is 68.8 Å². The first kappa shape index (κ1) is 19.1. The molecule has 1 N–H and O–H groups in total. The molecule has 0 unspecified atom stereocenters. The first-order valence-corrected chi connectivity index (χ1v) is 9.62. The molecule has 0 spiro atoms. The van der Waals surface area contributed by atoms with Crippen molar-refractivity contribution in [3.8, 4) is 0 Å². The highest BCUT2D eigenvalue weighted by atomic mass is 32.2. The molecule has 0 saturated carbocycles. The summed E-state index contributed by atoms with van der Waals surface area (Å²) in [5.41, 5.74) is 3.36. The fourth-order valence-corrected chi connectivity index (χ4v) is 3.64. The van der Waals surface area contributed by atoms with Crippen molar-refractivity contribution < 1.29 is 13.3 Å². The van der Waals surface area contributed by atoms with Gasteiger partial charge < -0.3 is 0 Å². The molecule has 0 saturated heterocycles.